The van der Waals surface area contributed by atoms with Crippen molar-refractivity contribution in [2.75, 3.05) is 18.1 Å². The molecule has 20 heavy (non-hydrogen) atoms. The fourth-order valence-electron chi connectivity index (χ4n) is 2.36. The maximum absolute atomic E-state index is 12.4. The maximum atomic E-state index is 12.4. The summed E-state index contributed by atoms with van der Waals surface area (Å²) in [6, 6.07) is 6.88. The molecule has 5 heteroatoms. The first kappa shape index (κ1) is 14.9. The van der Waals surface area contributed by atoms with Crippen molar-refractivity contribution in [2.45, 2.75) is 25.8 Å². The Morgan fingerprint density at radius 1 is 1.40 bits per heavy atom. The molecule has 1 atom stereocenters. The van der Waals surface area contributed by atoms with Crippen LogP contribution in [0.2, 0.25) is 0 Å². The van der Waals surface area contributed by atoms with E-state index in [1.54, 1.807) is 18.2 Å². The van der Waals surface area contributed by atoms with Crippen LogP contribution in [0.3, 0.4) is 0 Å². The summed E-state index contributed by atoms with van der Waals surface area (Å²) in [4.78, 5) is 25.2. The fourth-order valence-corrected chi connectivity index (χ4v) is 3.39. The SMILES string of the molecule is CC1CCSCCN1C(=O)Cc1cccc(C(=O)O)c1. The van der Waals surface area contributed by atoms with Crippen LogP contribution < -0.4 is 0 Å². The number of amides is 1. The Morgan fingerprint density at radius 2 is 2.20 bits per heavy atom. The molecule has 1 fully saturated rings. The van der Waals surface area contributed by atoms with Crippen molar-refractivity contribution in [2.24, 2.45) is 0 Å². The third kappa shape index (κ3) is 3.76. The third-order valence-corrected chi connectivity index (χ3v) is 4.53. The minimum atomic E-state index is -0.959. The van der Waals surface area contributed by atoms with E-state index >= 15 is 0 Å². The second-order valence-electron chi connectivity index (χ2n) is 5.02. The average molecular weight is 293 g/mol. The predicted molar refractivity (Wildman–Crippen MR) is 80.2 cm³/mol. The lowest BCUT2D eigenvalue weighted by Gasteiger charge is -2.27. The minimum Gasteiger partial charge on any atom is -0.478 e. The number of carbonyl (C=O) groups excluding carboxylic acids is 1. The van der Waals surface area contributed by atoms with Crippen molar-refractivity contribution in [3.05, 3.63) is 35.4 Å². The van der Waals surface area contributed by atoms with Crippen molar-refractivity contribution in [3.8, 4) is 0 Å². The Labute approximate surface area is 123 Å². The van der Waals surface area contributed by atoms with Crippen molar-refractivity contribution >= 4 is 23.6 Å². The number of carboxylic acids is 1. The van der Waals surface area contributed by atoms with Gasteiger partial charge in [-0.05, 0) is 36.8 Å². The standard InChI is InChI=1S/C15H19NO3S/c1-11-5-7-20-8-6-16(11)14(17)10-12-3-2-4-13(9-12)15(18)19/h2-4,9,11H,5-8,10H2,1H3,(H,18,19). The van der Waals surface area contributed by atoms with E-state index in [4.69, 9.17) is 5.11 Å². The lowest BCUT2D eigenvalue weighted by Crippen LogP contribution is -2.40. The number of hydrogen-bond acceptors (Lipinski definition) is 3. The Morgan fingerprint density at radius 3 is 2.95 bits per heavy atom. The molecule has 1 aliphatic heterocycles. The van der Waals surface area contributed by atoms with Crippen molar-refractivity contribution in [1.29, 1.82) is 0 Å². The van der Waals surface area contributed by atoms with Gasteiger partial charge in [-0.1, -0.05) is 12.1 Å². The predicted octanol–water partition coefficient (Wildman–Crippen LogP) is 2.28. The molecule has 1 aromatic rings. The fraction of sp³-hybridized carbons (Fsp3) is 0.467. The topological polar surface area (TPSA) is 57.6 Å². The zero-order chi connectivity index (χ0) is 14.5. The van der Waals surface area contributed by atoms with Crippen molar-refractivity contribution in [1.82, 2.24) is 4.90 Å². The van der Waals surface area contributed by atoms with Gasteiger partial charge in [0.15, 0.2) is 0 Å². The number of benzene rings is 1. The first-order valence-corrected chi connectivity index (χ1v) is 7.93. The molecule has 0 radical (unpaired) electrons. The van der Waals surface area contributed by atoms with Crippen molar-refractivity contribution in [3.63, 3.8) is 0 Å². The van der Waals surface area contributed by atoms with Gasteiger partial charge in [0.2, 0.25) is 5.91 Å². The molecule has 0 spiro atoms. The molecule has 1 saturated heterocycles. The van der Waals surface area contributed by atoms with E-state index in [9.17, 15) is 9.59 Å². The minimum absolute atomic E-state index is 0.0857. The highest BCUT2D eigenvalue weighted by atomic mass is 32.2. The Kier molecular flexibility index (Phi) is 5.06. The summed E-state index contributed by atoms with van der Waals surface area (Å²) >= 11 is 1.88. The quantitative estimate of drug-likeness (QED) is 0.929. The molecule has 0 aromatic heterocycles. The summed E-state index contributed by atoms with van der Waals surface area (Å²) < 4.78 is 0. The molecule has 1 aromatic carbocycles. The number of carboxylic acid groups (broad SMARTS) is 1. The summed E-state index contributed by atoms with van der Waals surface area (Å²) in [6.07, 6.45) is 1.29. The summed E-state index contributed by atoms with van der Waals surface area (Å²) in [6.45, 7) is 2.86. The summed E-state index contributed by atoms with van der Waals surface area (Å²) in [7, 11) is 0. The highest BCUT2D eigenvalue weighted by molar-refractivity contribution is 7.99. The lowest BCUT2D eigenvalue weighted by molar-refractivity contribution is -0.132. The molecule has 1 aliphatic rings. The molecule has 1 N–H and O–H groups in total. The maximum Gasteiger partial charge on any atom is 0.335 e. The van der Waals surface area contributed by atoms with E-state index in [-0.39, 0.29) is 23.9 Å². The number of rotatable bonds is 3. The van der Waals surface area contributed by atoms with E-state index < -0.39 is 5.97 Å². The average Bonchev–Trinajstić information content (AvgIpc) is 2.63. The zero-order valence-corrected chi connectivity index (χ0v) is 12.4. The monoisotopic (exact) mass is 293 g/mol. The van der Waals surface area contributed by atoms with Crippen LogP contribution in [0.25, 0.3) is 0 Å². The van der Waals surface area contributed by atoms with Gasteiger partial charge in [0, 0.05) is 18.3 Å². The normalized spacial score (nSPS) is 19.4. The van der Waals surface area contributed by atoms with Gasteiger partial charge in [0.1, 0.15) is 0 Å². The lowest BCUT2D eigenvalue weighted by atomic mass is 10.1. The first-order valence-electron chi connectivity index (χ1n) is 6.77. The van der Waals surface area contributed by atoms with Gasteiger partial charge in [0.05, 0.1) is 12.0 Å². The van der Waals surface area contributed by atoms with Gasteiger partial charge in [0.25, 0.3) is 0 Å². The van der Waals surface area contributed by atoms with Crippen LogP contribution in [0.5, 0.6) is 0 Å². The van der Waals surface area contributed by atoms with Crippen molar-refractivity contribution < 1.29 is 14.7 Å². The molecule has 0 bridgehead atoms. The van der Waals surface area contributed by atoms with Gasteiger partial charge < -0.3 is 10.0 Å². The number of thioether (sulfide) groups is 1. The van der Waals surface area contributed by atoms with Crippen LogP contribution in [0.4, 0.5) is 0 Å². The number of carbonyl (C=O) groups is 2. The highest BCUT2D eigenvalue weighted by Gasteiger charge is 2.22. The number of hydrogen-bond donors (Lipinski definition) is 1. The van der Waals surface area contributed by atoms with Gasteiger partial charge in [-0.15, -0.1) is 0 Å². The highest BCUT2D eigenvalue weighted by Crippen LogP contribution is 2.17. The number of nitrogens with zero attached hydrogens (tertiary/aromatic N) is 1. The molecular formula is C15H19NO3S. The smallest absolute Gasteiger partial charge is 0.335 e. The Bertz CT molecular complexity index is 504. The molecule has 108 valence electrons. The summed E-state index contributed by atoms with van der Waals surface area (Å²) in [5.41, 5.74) is 0.994. The van der Waals surface area contributed by atoms with E-state index in [1.807, 2.05) is 22.7 Å². The molecule has 1 heterocycles. The molecular weight excluding hydrogens is 274 g/mol. The molecule has 0 aliphatic carbocycles. The number of aromatic carboxylic acids is 1. The zero-order valence-electron chi connectivity index (χ0n) is 11.5. The second kappa shape index (κ2) is 6.79. The van der Waals surface area contributed by atoms with Crippen LogP contribution in [0.1, 0.15) is 29.3 Å². The van der Waals surface area contributed by atoms with Crippen LogP contribution in [-0.2, 0) is 11.2 Å². The van der Waals surface area contributed by atoms with Crippen LogP contribution in [0.15, 0.2) is 24.3 Å². The van der Waals surface area contributed by atoms with Crippen LogP contribution in [0, 0.1) is 0 Å². The molecule has 0 saturated carbocycles. The third-order valence-electron chi connectivity index (χ3n) is 3.54. The molecule has 2 rings (SSSR count). The Balaban J connectivity index is 2.06. The summed E-state index contributed by atoms with van der Waals surface area (Å²) in [5.74, 6) is 1.20. The van der Waals surface area contributed by atoms with Gasteiger partial charge in [-0.25, -0.2) is 4.79 Å². The van der Waals surface area contributed by atoms with E-state index in [0.717, 1.165) is 30.0 Å². The van der Waals surface area contributed by atoms with E-state index in [0.29, 0.717) is 0 Å². The van der Waals surface area contributed by atoms with Gasteiger partial charge >= 0.3 is 5.97 Å². The second-order valence-corrected chi connectivity index (χ2v) is 6.24. The molecule has 1 amide bonds. The van der Waals surface area contributed by atoms with E-state index in [2.05, 4.69) is 6.92 Å². The summed E-state index contributed by atoms with van der Waals surface area (Å²) in [5, 5.41) is 8.97. The van der Waals surface area contributed by atoms with E-state index in [1.165, 1.54) is 0 Å². The van der Waals surface area contributed by atoms with Gasteiger partial charge in [-0.3, -0.25) is 4.79 Å². The van der Waals surface area contributed by atoms with Crippen LogP contribution in [-0.4, -0.2) is 46.0 Å². The van der Waals surface area contributed by atoms with Crippen LogP contribution >= 0.6 is 11.8 Å². The van der Waals surface area contributed by atoms with Gasteiger partial charge in [-0.2, -0.15) is 11.8 Å². The molecule has 1 unspecified atom stereocenters. The first-order chi connectivity index (χ1) is 9.58. The Hall–Kier alpha value is -1.49. The molecule has 4 nitrogen and oxygen atoms in total. The largest absolute Gasteiger partial charge is 0.478 e.